The van der Waals surface area contributed by atoms with E-state index in [0.29, 0.717) is 11.1 Å². The van der Waals surface area contributed by atoms with Crippen LogP contribution in [-0.2, 0) is 7.05 Å². The molecule has 8 heteroatoms. The zero-order valence-corrected chi connectivity index (χ0v) is 15.8. The lowest BCUT2D eigenvalue weighted by Gasteiger charge is -2.01. The van der Waals surface area contributed by atoms with E-state index in [4.69, 9.17) is 4.42 Å². The molecule has 3 aromatic rings. The van der Waals surface area contributed by atoms with Crippen molar-refractivity contribution in [2.24, 2.45) is 7.05 Å². The topological polar surface area (TPSA) is 73.8 Å². The maximum Gasteiger partial charge on any atom is 0.277 e. The van der Waals surface area contributed by atoms with Crippen molar-refractivity contribution in [2.75, 3.05) is 5.75 Å². The third-order valence-corrected chi connectivity index (χ3v) is 5.79. The Morgan fingerprint density at radius 2 is 2.04 bits per heavy atom. The van der Waals surface area contributed by atoms with Crippen molar-refractivity contribution >= 4 is 28.9 Å². The van der Waals surface area contributed by atoms with Gasteiger partial charge in [0.25, 0.3) is 11.1 Å². The highest BCUT2D eigenvalue weighted by Crippen LogP contribution is 2.30. The highest BCUT2D eigenvalue weighted by Gasteiger charge is 2.18. The number of thioether (sulfide) groups is 1. The first-order chi connectivity index (χ1) is 11.4. The van der Waals surface area contributed by atoms with Crippen molar-refractivity contribution in [3.8, 4) is 10.8 Å². The van der Waals surface area contributed by atoms with Crippen LogP contribution in [0, 0.1) is 27.7 Å². The van der Waals surface area contributed by atoms with Crippen LogP contribution in [0.3, 0.4) is 0 Å². The van der Waals surface area contributed by atoms with Gasteiger partial charge in [-0.2, -0.15) is 0 Å². The Balaban J connectivity index is 1.70. The number of carbonyl (C=O) groups excluding carboxylic acids is 1. The third-order valence-electron chi connectivity index (χ3n) is 3.91. The molecule has 0 saturated heterocycles. The van der Waals surface area contributed by atoms with Crippen LogP contribution in [0.4, 0.5) is 0 Å². The van der Waals surface area contributed by atoms with Gasteiger partial charge in [0.05, 0.1) is 16.5 Å². The van der Waals surface area contributed by atoms with Crippen molar-refractivity contribution in [1.82, 2.24) is 19.7 Å². The van der Waals surface area contributed by atoms with Gasteiger partial charge in [0, 0.05) is 24.0 Å². The smallest absolute Gasteiger partial charge is 0.277 e. The van der Waals surface area contributed by atoms with Crippen LogP contribution in [0.1, 0.15) is 32.4 Å². The van der Waals surface area contributed by atoms with Crippen LogP contribution in [0.25, 0.3) is 10.8 Å². The van der Waals surface area contributed by atoms with E-state index in [9.17, 15) is 4.79 Å². The Kier molecular flexibility index (Phi) is 4.60. The maximum atomic E-state index is 12.4. The molecule has 0 bridgehead atoms. The standard InChI is InChI=1S/C16H18N4O2S2/c1-8-6-12(10(3)20(8)5)13(21)7-23-16-19-18-15(22-16)14-9(2)17-11(4)24-14/h6H,7H2,1-5H3. The van der Waals surface area contributed by atoms with Gasteiger partial charge in [0.1, 0.15) is 4.88 Å². The van der Waals surface area contributed by atoms with E-state index in [1.54, 1.807) is 0 Å². The molecule has 0 aliphatic carbocycles. The van der Waals surface area contributed by atoms with E-state index in [-0.39, 0.29) is 11.5 Å². The highest BCUT2D eigenvalue weighted by atomic mass is 32.2. The molecular weight excluding hydrogens is 344 g/mol. The summed E-state index contributed by atoms with van der Waals surface area (Å²) >= 11 is 2.78. The molecule has 24 heavy (non-hydrogen) atoms. The minimum absolute atomic E-state index is 0.0609. The monoisotopic (exact) mass is 362 g/mol. The van der Waals surface area contributed by atoms with Gasteiger partial charge < -0.3 is 8.98 Å². The number of Topliss-reactive ketones (excluding diaryl/α,β-unsaturated/α-hetero) is 1. The van der Waals surface area contributed by atoms with Gasteiger partial charge in [0.2, 0.25) is 0 Å². The van der Waals surface area contributed by atoms with Crippen LogP contribution >= 0.6 is 23.1 Å². The Labute approximate surface area is 148 Å². The molecule has 0 aliphatic rings. The molecule has 3 rings (SSSR count). The Morgan fingerprint density at radius 3 is 2.62 bits per heavy atom. The number of carbonyl (C=O) groups is 1. The van der Waals surface area contributed by atoms with Crippen LogP contribution < -0.4 is 0 Å². The van der Waals surface area contributed by atoms with Gasteiger partial charge in [-0.25, -0.2) is 4.98 Å². The number of aromatic nitrogens is 4. The zero-order chi connectivity index (χ0) is 17.4. The lowest BCUT2D eigenvalue weighted by atomic mass is 10.2. The molecule has 6 nitrogen and oxygen atoms in total. The molecule has 0 atom stereocenters. The minimum Gasteiger partial charge on any atom is -0.410 e. The average molecular weight is 362 g/mol. The van der Waals surface area contributed by atoms with Gasteiger partial charge >= 0.3 is 0 Å². The lowest BCUT2D eigenvalue weighted by molar-refractivity contribution is 0.102. The maximum absolute atomic E-state index is 12.4. The van der Waals surface area contributed by atoms with Crippen molar-refractivity contribution < 1.29 is 9.21 Å². The summed E-state index contributed by atoms with van der Waals surface area (Å²) in [6, 6.07) is 1.92. The molecule has 0 fully saturated rings. The second-order valence-electron chi connectivity index (χ2n) is 5.58. The van der Waals surface area contributed by atoms with Crippen molar-refractivity contribution in [3.05, 3.63) is 33.7 Å². The lowest BCUT2D eigenvalue weighted by Crippen LogP contribution is -2.04. The second kappa shape index (κ2) is 6.52. The summed E-state index contributed by atoms with van der Waals surface area (Å²) in [6.07, 6.45) is 0. The normalized spacial score (nSPS) is 11.2. The van der Waals surface area contributed by atoms with Crippen LogP contribution in [-0.4, -0.2) is 31.3 Å². The van der Waals surface area contributed by atoms with E-state index in [1.807, 2.05) is 45.4 Å². The predicted molar refractivity (Wildman–Crippen MR) is 94.8 cm³/mol. The van der Waals surface area contributed by atoms with Crippen LogP contribution in [0.5, 0.6) is 0 Å². The number of hydrogen-bond donors (Lipinski definition) is 0. The first-order valence-corrected chi connectivity index (χ1v) is 9.24. The minimum atomic E-state index is 0.0609. The summed E-state index contributed by atoms with van der Waals surface area (Å²) in [5, 5.41) is 9.44. The first kappa shape index (κ1) is 16.9. The van der Waals surface area contributed by atoms with E-state index < -0.39 is 0 Å². The predicted octanol–water partition coefficient (Wildman–Crippen LogP) is 3.74. The summed E-state index contributed by atoms with van der Waals surface area (Å²) < 4.78 is 7.67. The molecule has 0 amide bonds. The Hall–Kier alpha value is -1.93. The van der Waals surface area contributed by atoms with E-state index >= 15 is 0 Å². The molecule has 0 radical (unpaired) electrons. The molecule has 3 aromatic heterocycles. The number of nitrogens with zero attached hydrogens (tertiary/aromatic N) is 4. The summed E-state index contributed by atoms with van der Waals surface area (Å²) in [4.78, 5) is 17.6. The Bertz CT molecular complexity index is 907. The zero-order valence-electron chi connectivity index (χ0n) is 14.2. The van der Waals surface area contributed by atoms with Gasteiger partial charge in [-0.3, -0.25) is 4.79 Å². The van der Waals surface area contributed by atoms with Gasteiger partial charge in [-0.1, -0.05) is 11.8 Å². The van der Waals surface area contributed by atoms with Gasteiger partial charge in [-0.05, 0) is 33.8 Å². The molecule has 0 N–H and O–H groups in total. The molecule has 0 unspecified atom stereocenters. The van der Waals surface area contributed by atoms with Gasteiger partial charge in [-0.15, -0.1) is 21.5 Å². The fraction of sp³-hybridized carbons (Fsp3) is 0.375. The van der Waals surface area contributed by atoms with E-state index in [2.05, 4.69) is 15.2 Å². The molecule has 3 heterocycles. The largest absolute Gasteiger partial charge is 0.410 e. The van der Waals surface area contributed by atoms with E-state index in [1.165, 1.54) is 23.1 Å². The summed E-state index contributed by atoms with van der Waals surface area (Å²) in [7, 11) is 1.96. The van der Waals surface area contributed by atoms with E-state index in [0.717, 1.165) is 32.5 Å². The first-order valence-electron chi connectivity index (χ1n) is 7.43. The average Bonchev–Trinajstić information content (AvgIpc) is 3.20. The van der Waals surface area contributed by atoms with Crippen LogP contribution in [0.15, 0.2) is 15.7 Å². The fourth-order valence-electron chi connectivity index (χ4n) is 2.43. The molecule has 0 aliphatic heterocycles. The number of rotatable bonds is 5. The molecule has 0 aromatic carbocycles. The second-order valence-corrected chi connectivity index (χ2v) is 7.71. The third kappa shape index (κ3) is 3.16. The summed E-state index contributed by atoms with van der Waals surface area (Å²) in [5.74, 6) is 0.789. The SMILES string of the molecule is Cc1nc(C)c(-c2nnc(SCC(=O)c3cc(C)n(C)c3C)o2)s1. The summed E-state index contributed by atoms with van der Waals surface area (Å²) in [5.41, 5.74) is 3.66. The number of thiazole rings is 1. The number of hydrogen-bond acceptors (Lipinski definition) is 7. The van der Waals surface area contributed by atoms with Crippen molar-refractivity contribution in [2.45, 2.75) is 32.9 Å². The molecule has 126 valence electrons. The van der Waals surface area contributed by atoms with Crippen molar-refractivity contribution in [1.29, 1.82) is 0 Å². The van der Waals surface area contributed by atoms with Gasteiger partial charge in [0.15, 0.2) is 5.78 Å². The molecule has 0 saturated carbocycles. The quantitative estimate of drug-likeness (QED) is 0.508. The Morgan fingerprint density at radius 1 is 1.29 bits per heavy atom. The summed E-state index contributed by atoms with van der Waals surface area (Å²) in [6.45, 7) is 7.79. The highest BCUT2D eigenvalue weighted by molar-refractivity contribution is 7.99. The fourth-order valence-corrected chi connectivity index (χ4v) is 3.92. The number of ketones is 1. The van der Waals surface area contributed by atoms with Crippen molar-refractivity contribution in [3.63, 3.8) is 0 Å². The molecular formula is C16H18N4O2S2. The number of aryl methyl sites for hydroxylation is 3. The molecule has 0 spiro atoms. The van der Waals surface area contributed by atoms with Crippen LogP contribution in [0.2, 0.25) is 0 Å².